The van der Waals surface area contributed by atoms with E-state index in [1.165, 1.54) is 0 Å². The molecule has 0 aliphatic carbocycles. The van der Waals surface area contributed by atoms with Gasteiger partial charge in [0.1, 0.15) is 12.2 Å². The van der Waals surface area contributed by atoms with Crippen molar-refractivity contribution in [2.45, 2.75) is 46.1 Å². The number of fused-ring (bicyclic) bond motifs is 1. The first-order valence-electron chi connectivity index (χ1n) is 11.3. The molecule has 1 N–H and O–H groups in total. The zero-order valence-corrected chi connectivity index (χ0v) is 18.8. The summed E-state index contributed by atoms with van der Waals surface area (Å²) in [6, 6.07) is 8.07. The van der Waals surface area contributed by atoms with Gasteiger partial charge in [-0.1, -0.05) is 45.0 Å². The Labute approximate surface area is 186 Å². The van der Waals surface area contributed by atoms with E-state index in [9.17, 15) is 14.0 Å². The van der Waals surface area contributed by atoms with Crippen molar-refractivity contribution in [1.82, 2.24) is 24.4 Å². The topological polar surface area (TPSA) is 83.9 Å². The average Bonchev–Trinajstić information content (AvgIpc) is 3.12. The number of alkyl halides is 1. The Kier molecular flexibility index (Phi) is 6.39. The van der Waals surface area contributed by atoms with Crippen LogP contribution in [0, 0.1) is 11.8 Å². The molecule has 0 radical (unpaired) electrons. The van der Waals surface area contributed by atoms with Crippen LogP contribution >= 0.6 is 0 Å². The Morgan fingerprint density at radius 2 is 1.94 bits per heavy atom. The maximum atomic E-state index is 12.8. The van der Waals surface area contributed by atoms with Crippen molar-refractivity contribution >= 4 is 17.1 Å². The SMILES string of the molecule is CC(C)c1ccccc1-c1ncc2[nH]c(=O)n(CC3CCN(C(=O)[C@H](C)CF)CC3)c2n1. The minimum absolute atomic E-state index is 0.128. The predicted octanol–water partition coefficient (Wildman–Crippen LogP) is 3.75. The van der Waals surface area contributed by atoms with Gasteiger partial charge < -0.3 is 9.88 Å². The third kappa shape index (κ3) is 4.31. The number of nitrogens with zero attached hydrogens (tertiary/aromatic N) is 4. The number of nitrogens with one attached hydrogen (secondary N) is 1. The quantitative estimate of drug-likeness (QED) is 0.634. The zero-order valence-electron chi connectivity index (χ0n) is 18.8. The second kappa shape index (κ2) is 9.22. The van der Waals surface area contributed by atoms with Crippen LogP contribution in [-0.4, -0.2) is 50.1 Å². The molecule has 0 unspecified atom stereocenters. The Bertz CT molecular complexity index is 1160. The van der Waals surface area contributed by atoms with Crippen LogP contribution in [0.25, 0.3) is 22.6 Å². The summed E-state index contributed by atoms with van der Waals surface area (Å²) in [5.74, 6) is 0.461. The number of rotatable bonds is 6. The summed E-state index contributed by atoms with van der Waals surface area (Å²) >= 11 is 0. The Morgan fingerprint density at radius 3 is 2.62 bits per heavy atom. The van der Waals surface area contributed by atoms with E-state index in [1.807, 2.05) is 18.2 Å². The number of benzene rings is 1. The van der Waals surface area contributed by atoms with E-state index in [2.05, 4.69) is 29.9 Å². The highest BCUT2D eigenvalue weighted by Gasteiger charge is 2.27. The summed E-state index contributed by atoms with van der Waals surface area (Å²) in [5, 5.41) is 0. The molecule has 2 aromatic heterocycles. The van der Waals surface area contributed by atoms with Gasteiger partial charge in [0.2, 0.25) is 5.91 Å². The summed E-state index contributed by atoms with van der Waals surface area (Å²) in [6.45, 7) is 6.96. The van der Waals surface area contributed by atoms with E-state index in [0.717, 1.165) is 24.0 Å². The summed E-state index contributed by atoms with van der Waals surface area (Å²) in [6.07, 6.45) is 3.22. The van der Waals surface area contributed by atoms with E-state index in [4.69, 9.17) is 4.98 Å². The van der Waals surface area contributed by atoms with Crippen LogP contribution in [0.1, 0.15) is 45.1 Å². The second-order valence-corrected chi connectivity index (χ2v) is 9.04. The maximum Gasteiger partial charge on any atom is 0.327 e. The smallest absolute Gasteiger partial charge is 0.327 e. The van der Waals surface area contributed by atoms with Crippen molar-refractivity contribution in [3.05, 3.63) is 46.5 Å². The number of likely N-dealkylation sites (tertiary alicyclic amines) is 1. The molecule has 170 valence electrons. The molecule has 4 rings (SSSR count). The number of halogens is 1. The molecule has 1 aromatic carbocycles. The fourth-order valence-electron chi connectivity index (χ4n) is 4.42. The number of amides is 1. The first kappa shape index (κ1) is 22.2. The number of hydrogen-bond acceptors (Lipinski definition) is 4. The van der Waals surface area contributed by atoms with Crippen LogP contribution in [0.15, 0.2) is 35.3 Å². The molecular formula is C24H30FN5O2. The van der Waals surface area contributed by atoms with Crippen molar-refractivity contribution in [1.29, 1.82) is 0 Å². The van der Waals surface area contributed by atoms with Crippen LogP contribution in [-0.2, 0) is 11.3 Å². The van der Waals surface area contributed by atoms with E-state index < -0.39 is 12.6 Å². The summed E-state index contributed by atoms with van der Waals surface area (Å²) in [7, 11) is 0. The van der Waals surface area contributed by atoms with Crippen molar-refractivity contribution in [3.8, 4) is 11.4 Å². The highest BCUT2D eigenvalue weighted by molar-refractivity contribution is 5.78. The third-order valence-corrected chi connectivity index (χ3v) is 6.35. The monoisotopic (exact) mass is 439 g/mol. The molecule has 3 heterocycles. The average molecular weight is 440 g/mol. The molecule has 0 saturated carbocycles. The van der Waals surface area contributed by atoms with Crippen LogP contribution in [0.4, 0.5) is 4.39 Å². The molecule has 0 spiro atoms. The number of carbonyl (C=O) groups excluding carboxylic acids is 1. The summed E-state index contributed by atoms with van der Waals surface area (Å²) in [5.41, 5.74) is 3.15. The lowest BCUT2D eigenvalue weighted by atomic mass is 9.95. The van der Waals surface area contributed by atoms with Gasteiger partial charge in [-0.05, 0) is 30.2 Å². The largest absolute Gasteiger partial charge is 0.342 e. The van der Waals surface area contributed by atoms with Gasteiger partial charge in [-0.2, -0.15) is 0 Å². The van der Waals surface area contributed by atoms with Gasteiger partial charge in [0.25, 0.3) is 0 Å². The van der Waals surface area contributed by atoms with Gasteiger partial charge in [-0.15, -0.1) is 0 Å². The Balaban J connectivity index is 1.57. The lowest BCUT2D eigenvalue weighted by molar-refractivity contribution is -0.136. The standard InChI is InChI=1S/C24H30FN5O2/c1-15(2)18-6-4-5-7-19(18)21-26-13-20-22(28-21)30(24(32)27-20)14-17-8-10-29(11-9-17)23(31)16(3)12-25/h4-7,13,15-17H,8-12,14H2,1-3H3,(H,27,32)/t16-/m1/s1. The van der Waals surface area contributed by atoms with Crippen molar-refractivity contribution in [2.24, 2.45) is 11.8 Å². The Hall–Kier alpha value is -3.03. The number of H-pyrrole nitrogens is 1. The third-order valence-electron chi connectivity index (χ3n) is 6.35. The highest BCUT2D eigenvalue weighted by Crippen LogP contribution is 2.28. The maximum absolute atomic E-state index is 12.8. The molecule has 0 bridgehead atoms. The van der Waals surface area contributed by atoms with E-state index in [1.54, 1.807) is 22.6 Å². The highest BCUT2D eigenvalue weighted by atomic mass is 19.1. The van der Waals surface area contributed by atoms with Crippen LogP contribution in [0.2, 0.25) is 0 Å². The minimum atomic E-state index is -0.633. The van der Waals surface area contributed by atoms with Crippen molar-refractivity contribution in [2.75, 3.05) is 19.8 Å². The van der Waals surface area contributed by atoms with Gasteiger partial charge in [-0.25, -0.2) is 14.8 Å². The zero-order chi connectivity index (χ0) is 22.8. The molecule has 1 aliphatic rings. The molecule has 32 heavy (non-hydrogen) atoms. The van der Waals surface area contributed by atoms with Crippen LogP contribution in [0.5, 0.6) is 0 Å². The predicted molar refractivity (Wildman–Crippen MR) is 122 cm³/mol. The molecule has 1 amide bonds. The van der Waals surface area contributed by atoms with Gasteiger partial charge in [-0.3, -0.25) is 13.8 Å². The number of carbonyl (C=O) groups is 1. The van der Waals surface area contributed by atoms with Crippen LogP contribution < -0.4 is 5.69 Å². The van der Waals surface area contributed by atoms with E-state index in [0.29, 0.717) is 42.5 Å². The van der Waals surface area contributed by atoms with Crippen molar-refractivity contribution in [3.63, 3.8) is 0 Å². The first-order chi connectivity index (χ1) is 15.4. The lowest BCUT2D eigenvalue weighted by Gasteiger charge is -2.33. The number of aromatic nitrogens is 4. The fourth-order valence-corrected chi connectivity index (χ4v) is 4.42. The number of hydrogen-bond donors (Lipinski definition) is 1. The minimum Gasteiger partial charge on any atom is -0.342 e. The van der Waals surface area contributed by atoms with Crippen LogP contribution in [0.3, 0.4) is 0 Å². The Morgan fingerprint density at radius 1 is 1.22 bits per heavy atom. The first-order valence-corrected chi connectivity index (χ1v) is 11.3. The molecular weight excluding hydrogens is 409 g/mol. The normalized spacial score (nSPS) is 16.1. The van der Waals surface area contributed by atoms with Gasteiger partial charge in [0, 0.05) is 25.2 Å². The van der Waals surface area contributed by atoms with Gasteiger partial charge >= 0.3 is 5.69 Å². The fraction of sp³-hybridized carbons (Fsp3) is 0.500. The number of piperidine rings is 1. The molecule has 7 nitrogen and oxygen atoms in total. The van der Waals surface area contributed by atoms with Crippen molar-refractivity contribution < 1.29 is 9.18 Å². The lowest BCUT2D eigenvalue weighted by Crippen LogP contribution is -2.42. The molecule has 1 atom stereocenters. The molecule has 1 fully saturated rings. The second-order valence-electron chi connectivity index (χ2n) is 9.04. The summed E-state index contributed by atoms with van der Waals surface area (Å²) < 4.78 is 14.5. The van der Waals surface area contributed by atoms with E-state index >= 15 is 0 Å². The number of aromatic amines is 1. The molecule has 8 heteroatoms. The number of imidazole rings is 1. The van der Waals surface area contributed by atoms with E-state index in [-0.39, 0.29) is 17.5 Å². The van der Waals surface area contributed by atoms with Gasteiger partial charge in [0.15, 0.2) is 11.5 Å². The molecule has 3 aromatic rings. The molecule has 1 aliphatic heterocycles. The van der Waals surface area contributed by atoms with Gasteiger partial charge in [0.05, 0.1) is 12.1 Å². The molecule has 1 saturated heterocycles. The summed E-state index contributed by atoms with van der Waals surface area (Å²) in [4.78, 5) is 38.8.